The number of anilines is 1. The van der Waals surface area contributed by atoms with Crippen molar-refractivity contribution in [3.63, 3.8) is 0 Å². The van der Waals surface area contributed by atoms with E-state index in [0.29, 0.717) is 37.3 Å². The molecular weight excluding hydrogens is 254 g/mol. The molecule has 0 spiro atoms. The third-order valence-electron chi connectivity index (χ3n) is 3.27. The lowest BCUT2D eigenvalue weighted by Crippen LogP contribution is -2.34. The number of benzene rings is 1. The van der Waals surface area contributed by atoms with Crippen LogP contribution in [0.4, 0.5) is 5.69 Å². The predicted octanol–water partition coefficient (Wildman–Crippen LogP) is 1.57. The Hall–Kier alpha value is -2.04. The fourth-order valence-corrected chi connectivity index (χ4v) is 1.94. The Bertz CT molecular complexity index is 482. The molecule has 0 saturated carbocycles. The van der Waals surface area contributed by atoms with Crippen LogP contribution in [0.5, 0.6) is 0 Å². The zero-order chi connectivity index (χ0) is 15.1. The van der Waals surface area contributed by atoms with E-state index >= 15 is 0 Å². The Morgan fingerprint density at radius 2 is 1.90 bits per heavy atom. The summed E-state index contributed by atoms with van der Waals surface area (Å²) in [7, 11) is 0. The van der Waals surface area contributed by atoms with E-state index in [0.717, 1.165) is 5.56 Å². The van der Waals surface area contributed by atoms with Crippen LogP contribution in [0.15, 0.2) is 18.2 Å². The van der Waals surface area contributed by atoms with Crippen LogP contribution in [-0.4, -0.2) is 36.3 Å². The van der Waals surface area contributed by atoms with Gasteiger partial charge in [0.25, 0.3) is 5.91 Å². The fourth-order valence-electron chi connectivity index (χ4n) is 1.94. The normalized spacial score (nSPS) is 10.2. The van der Waals surface area contributed by atoms with Crippen molar-refractivity contribution in [1.82, 2.24) is 10.2 Å². The zero-order valence-electron chi connectivity index (χ0n) is 12.4. The van der Waals surface area contributed by atoms with Gasteiger partial charge in [0.15, 0.2) is 0 Å². The maximum absolute atomic E-state index is 11.9. The first-order valence-corrected chi connectivity index (χ1v) is 6.91. The summed E-state index contributed by atoms with van der Waals surface area (Å²) >= 11 is 0. The Morgan fingerprint density at radius 1 is 1.25 bits per heavy atom. The first-order chi connectivity index (χ1) is 9.49. The van der Waals surface area contributed by atoms with Gasteiger partial charge < -0.3 is 16.0 Å². The Morgan fingerprint density at radius 3 is 2.45 bits per heavy atom. The lowest BCUT2D eigenvalue weighted by molar-refractivity contribution is -0.130. The van der Waals surface area contributed by atoms with E-state index in [9.17, 15) is 9.59 Å². The molecule has 0 unspecified atom stereocenters. The van der Waals surface area contributed by atoms with E-state index in [4.69, 9.17) is 5.73 Å². The van der Waals surface area contributed by atoms with Gasteiger partial charge in [0.1, 0.15) is 0 Å². The summed E-state index contributed by atoms with van der Waals surface area (Å²) in [5.74, 6) is -0.121. The smallest absolute Gasteiger partial charge is 0.251 e. The predicted molar refractivity (Wildman–Crippen MR) is 80.5 cm³/mol. The number of rotatable bonds is 6. The van der Waals surface area contributed by atoms with Gasteiger partial charge in [-0.15, -0.1) is 0 Å². The second kappa shape index (κ2) is 7.53. The van der Waals surface area contributed by atoms with Crippen LogP contribution < -0.4 is 11.1 Å². The molecule has 5 nitrogen and oxygen atoms in total. The molecule has 0 aliphatic heterocycles. The van der Waals surface area contributed by atoms with Gasteiger partial charge in [-0.3, -0.25) is 9.59 Å². The van der Waals surface area contributed by atoms with Crippen molar-refractivity contribution in [2.75, 3.05) is 25.4 Å². The molecule has 3 N–H and O–H groups in total. The molecule has 0 aliphatic rings. The second-order valence-electron chi connectivity index (χ2n) is 4.64. The van der Waals surface area contributed by atoms with Crippen molar-refractivity contribution in [2.45, 2.75) is 27.2 Å². The highest BCUT2D eigenvalue weighted by molar-refractivity contribution is 5.95. The van der Waals surface area contributed by atoms with Gasteiger partial charge in [0, 0.05) is 37.3 Å². The first-order valence-electron chi connectivity index (χ1n) is 6.91. The molecule has 0 fully saturated rings. The number of amides is 2. The molecule has 0 heterocycles. The molecule has 5 heteroatoms. The van der Waals surface area contributed by atoms with E-state index in [2.05, 4.69) is 5.32 Å². The molecule has 1 rings (SSSR count). The SMILES string of the molecule is CCN(CC)C(=O)CCNC(=O)c1ccc(N)c(C)c1. The maximum Gasteiger partial charge on any atom is 0.251 e. The fraction of sp³-hybridized carbons (Fsp3) is 0.467. The maximum atomic E-state index is 11.9. The number of nitrogens with one attached hydrogen (secondary N) is 1. The summed E-state index contributed by atoms with van der Waals surface area (Å²) < 4.78 is 0. The summed E-state index contributed by atoms with van der Waals surface area (Å²) in [6, 6.07) is 5.14. The number of carbonyl (C=O) groups excluding carboxylic acids is 2. The number of carbonyl (C=O) groups is 2. The molecule has 1 aromatic rings. The lowest BCUT2D eigenvalue weighted by atomic mass is 10.1. The molecule has 1 aromatic carbocycles. The van der Waals surface area contributed by atoms with Crippen molar-refractivity contribution in [2.24, 2.45) is 0 Å². The highest BCUT2D eigenvalue weighted by atomic mass is 16.2. The van der Waals surface area contributed by atoms with Crippen molar-refractivity contribution >= 4 is 17.5 Å². The number of hydrogen-bond acceptors (Lipinski definition) is 3. The molecule has 20 heavy (non-hydrogen) atoms. The molecule has 110 valence electrons. The zero-order valence-corrected chi connectivity index (χ0v) is 12.4. The van der Waals surface area contributed by atoms with Gasteiger partial charge in [0.2, 0.25) is 5.91 Å². The number of hydrogen-bond donors (Lipinski definition) is 2. The molecule has 0 aromatic heterocycles. The van der Waals surface area contributed by atoms with Crippen LogP contribution in [0.25, 0.3) is 0 Å². The number of nitrogens with zero attached hydrogens (tertiary/aromatic N) is 1. The molecule has 2 amide bonds. The largest absolute Gasteiger partial charge is 0.399 e. The topological polar surface area (TPSA) is 75.4 Å². The Balaban J connectivity index is 2.47. The molecule has 0 atom stereocenters. The van der Waals surface area contributed by atoms with Crippen LogP contribution >= 0.6 is 0 Å². The van der Waals surface area contributed by atoms with Crippen LogP contribution in [0.3, 0.4) is 0 Å². The average Bonchev–Trinajstić information content (AvgIpc) is 2.43. The van der Waals surface area contributed by atoms with E-state index in [1.807, 2.05) is 20.8 Å². The monoisotopic (exact) mass is 277 g/mol. The summed E-state index contributed by atoms with van der Waals surface area (Å²) in [6.07, 6.45) is 0.321. The van der Waals surface area contributed by atoms with Crippen LogP contribution in [-0.2, 0) is 4.79 Å². The first kappa shape index (κ1) is 16.0. The van der Waals surface area contributed by atoms with E-state index in [1.165, 1.54) is 0 Å². The second-order valence-corrected chi connectivity index (χ2v) is 4.64. The molecule has 0 saturated heterocycles. The van der Waals surface area contributed by atoms with Crippen molar-refractivity contribution in [1.29, 1.82) is 0 Å². The van der Waals surface area contributed by atoms with Crippen LogP contribution in [0.2, 0.25) is 0 Å². The van der Waals surface area contributed by atoms with Gasteiger partial charge in [-0.05, 0) is 44.5 Å². The Labute approximate surface area is 120 Å². The Kier molecular flexibility index (Phi) is 6.03. The number of nitrogens with two attached hydrogens (primary N) is 1. The van der Waals surface area contributed by atoms with Crippen molar-refractivity contribution in [3.8, 4) is 0 Å². The summed E-state index contributed by atoms with van der Waals surface area (Å²) in [5.41, 5.74) is 7.81. The third kappa shape index (κ3) is 4.26. The van der Waals surface area contributed by atoms with E-state index in [-0.39, 0.29) is 11.8 Å². The van der Waals surface area contributed by atoms with Gasteiger partial charge in [-0.2, -0.15) is 0 Å². The summed E-state index contributed by atoms with van der Waals surface area (Å²) in [6.45, 7) is 7.47. The van der Waals surface area contributed by atoms with Crippen molar-refractivity contribution in [3.05, 3.63) is 29.3 Å². The summed E-state index contributed by atoms with van der Waals surface area (Å²) in [5, 5.41) is 2.75. The van der Waals surface area contributed by atoms with E-state index < -0.39 is 0 Å². The van der Waals surface area contributed by atoms with E-state index in [1.54, 1.807) is 23.1 Å². The minimum Gasteiger partial charge on any atom is -0.399 e. The number of aryl methyl sites for hydroxylation is 1. The highest BCUT2D eigenvalue weighted by Gasteiger charge is 2.11. The quantitative estimate of drug-likeness (QED) is 0.775. The standard InChI is InChI=1S/C15H23N3O2/c1-4-18(5-2)14(19)8-9-17-15(20)12-6-7-13(16)11(3)10-12/h6-7,10H,4-5,8-9,16H2,1-3H3,(H,17,20). The molecule has 0 radical (unpaired) electrons. The van der Waals surface area contributed by atoms with Gasteiger partial charge >= 0.3 is 0 Å². The van der Waals surface area contributed by atoms with Crippen LogP contribution in [0.1, 0.15) is 36.2 Å². The van der Waals surface area contributed by atoms with Gasteiger partial charge in [0.05, 0.1) is 0 Å². The molecular formula is C15H23N3O2. The average molecular weight is 277 g/mol. The molecule has 0 aliphatic carbocycles. The van der Waals surface area contributed by atoms with Gasteiger partial charge in [-0.25, -0.2) is 0 Å². The summed E-state index contributed by atoms with van der Waals surface area (Å²) in [4.78, 5) is 25.5. The van der Waals surface area contributed by atoms with Crippen molar-refractivity contribution < 1.29 is 9.59 Å². The minimum atomic E-state index is -0.180. The lowest BCUT2D eigenvalue weighted by Gasteiger charge is -2.18. The van der Waals surface area contributed by atoms with Crippen LogP contribution in [0, 0.1) is 6.92 Å². The number of nitrogen functional groups attached to an aromatic ring is 1. The molecule has 0 bridgehead atoms. The highest BCUT2D eigenvalue weighted by Crippen LogP contribution is 2.12. The van der Waals surface area contributed by atoms with Gasteiger partial charge in [-0.1, -0.05) is 0 Å². The third-order valence-corrected chi connectivity index (χ3v) is 3.27. The minimum absolute atomic E-state index is 0.0591.